The number of H-pyrrole nitrogens is 1. The number of aromatic amines is 1. The summed E-state index contributed by atoms with van der Waals surface area (Å²) in [5.41, 5.74) is 3.44. The molecule has 1 aliphatic heterocycles. The molecule has 1 aromatic heterocycles. The molecule has 0 spiro atoms. The molecular weight excluding hydrogens is 539 g/mol. The maximum atomic E-state index is 13.9. The van der Waals surface area contributed by atoms with Crippen molar-refractivity contribution in [3.8, 4) is 5.75 Å². The smallest absolute Gasteiger partial charge is 0.393 e. The molecule has 42 heavy (non-hydrogen) atoms. The van der Waals surface area contributed by atoms with Crippen LogP contribution < -0.4 is 4.74 Å². The Morgan fingerprint density at radius 1 is 0.857 bits per heavy atom. The van der Waals surface area contributed by atoms with E-state index in [1.165, 1.54) is 0 Å². The molecule has 0 unspecified atom stereocenters. The largest absolute Gasteiger partial charge is 0.494 e. The number of benzene rings is 3. The van der Waals surface area contributed by atoms with Gasteiger partial charge >= 0.3 is 6.18 Å². The number of allylic oxidation sites excluding steroid dienone is 1. The Morgan fingerprint density at radius 2 is 1.57 bits per heavy atom. The van der Waals surface area contributed by atoms with Crippen LogP contribution in [0.1, 0.15) is 68.1 Å². The van der Waals surface area contributed by atoms with Crippen LogP contribution >= 0.6 is 0 Å². The number of nitrogens with zero attached hydrogens (tertiary/aromatic N) is 2. The molecule has 1 N–H and O–H groups in total. The van der Waals surface area contributed by atoms with Crippen LogP contribution in [0.3, 0.4) is 0 Å². The van der Waals surface area contributed by atoms with E-state index < -0.39 is 12.6 Å². The highest BCUT2D eigenvalue weighted by atomic mass is 19.4. The van der Waals surface area contributed by atoms with E-state index in [4.69, 9.17) is 4.74 Å². The molecule has 5 nitrogen and oxygen atoms in total. The Labute approximate surface area is 244 Å². The van der Waals surface area contributed by atoms with E-state index in [1.54, 1.807) is 36.5 Å². The monoisotopic (exact) mass is 575 g/mol. The number of likely N-dealkylation sites (tertiary alicyclic amines) is 1. The molecule has 1 saturated heterocycles. The van der Waals surface area contributed by atoms with Crippen molar-refractivity contribution < 1.29 is 22.7 Å². The lowest BCUT2D eigenvalue weighted by Gasteiger charge is -2.19. The number of nitrogens with one attached hydrogen (secondary N) is 1. The van der Waals surface area contributed by atoms with Crippen LogP contribution in [-0.2, 0) is 4.79 Å². The Kier molecular flexibility index (Phi) is 9.62. The first-order valence-corrected chi connectivity index (χ1v) is 14.7. The molecule has 220 valence electrons. The van der Waals surface area contributed by atoms with Gasteiger partial charge in [-0.05, 0) is 77.8 Å². The van der Waals surface area contributed by atoms with Gasteiger partial charge in [0.15, 0.2) is 0 Å². The average molecular weight is 576 g/mol. The van der Waals surface area contributed by atoms with Gasteiger partial charge in [-0.3, -0.25) is 9.89 Å². The fourth-order valence-corrected chi connectivity index (χ4v) is 5.55. The zero-order valence-electron chi connectivity index (χ0n) is 23.6. The van der Waals surface area contributed by atoms with E-state index in [2.05, 4.69) is 10.2 Å². The first-order valence-electron chi connectivity index (χ1n) is 14.7. The fourth-order valence-electron chi connectivity index (χ4n) is 5.55. The molecule has 4 aromatic rings. The van der Waals surface area contributed by atoms with Crippen molar-refractivity contribution in [3.63, 3.8) is 0 Å². The number of halogens is 3. The highest BCUT2D eigenvalue weighted by molar-refractivity contribution is 6.00. The Morgan fingerprint density at radius 3 is 2.31 bits per heavy atom. The lowest BCUT2D eigenvalue weighted by atomic mass is 9.87. The summed E-state index contributed by atoms with van der Waals surface area (Å²) < 4.78 is 47.7. The van der Waals surface area contributed by atoms with Crippen LogP contribution in [0.2, 0.25) is 0 Å². The van der Waals surface area contributed by atoms with Crippen LogP contribution in [0.25, 0.3) is 22.0 Å². The van der Waals surface area contributed by atoms with Gasteiger partial charge in [-0.1, -0.05) is 61.4 Å². The molecule has 8 heteroatoms. The number of carbonyl (C=O) groups excluding carboxylic acids is 1. The number of unbranched alkanes of at least 4 members (excludes halogenated alkanes) is 3. The van der Waals surface area contributed by atoms with Crippen molar-refractivity contribution in [3.05, 3.63) is 95.7 Å². The standard InChI is InChI=1S/C34H36F3N3O2/c35-34(36,37)23-30(25-10-4-3-5-11-25)33(27-15-18-31-28(22-27)24-38-39-31)26-13-16-29(17-14-26)42-21-9-2-1-6-12-32(41)40-19-7-8-20-40/h3-5,10-11,13-18,22,24H,1-2,6-9,12,19-21,23H2,(H,38,39)/b33-30+. The first kappa shape index (κ1) is 29.4. The van der Waals surface area contributed by atoms with Crippen molar-refractivity contribution in [2.24, 2.45) is 0 Å². The minimum absolute atomic E-state index is 0.211. The second-order valence-corrected chi connectivity index (χ2v) is 10.8. The highest BCUT2D eigenvalue weighted by Gasteiger charge is 2.31. The number of carbonyl (C=O) groups is 1. The highest BCUT2D eigenvalue weighted by Crippen LogP contribution is 2.40. The Balaban J connectivity index is 1.29. The quantitative estimate of drug-likeness (QED) is 0.136. The van der Waals surface area contributed by atoms with Crippen molar-refractivity contribution in [1.82, 2.24) is 15.1 Å². The minimum Gasteiger partial charge on any atom is -0.494 e. The van der Waals surface area contributed by atoms with Crippen molar-refractivity contribution in [1.29, 1.82) is 0 Å². The number of alkyl halides is 3. The van der Waals surface area contributed by atoms with Gasteiger partial charge in [0.05, 0.1) is 24.7 Å². The molecule has 1 aliphatic rings. The van der Waals surface area contributed by atoms with Gasteiger partial charge in [-0.2, -0.15) is 18.3 Å². The zero-order valence-corrected chi connectivity index (χ0v) is 23.6. The molecular formula is C34H36F3N3O2. The topological polar surface area (TPSA) is 58.2 Å². The van der Waals surface area contributed by atoms with Crippen molar-refractivity contribution in [2.75, 3.05) is 19.7 Å². The van der Waals surface area contributed by atoms with Gasteiger partial charge in [0.2, 0.25) is 5.91 Å². The lowest BCUT2D eigenvalue weighted by molar-refractivity contribution is -0.130. The molecule has 0 atom stereocenters. The molecule has 0 saturated carbocycles. The van der Waals surface area contributed by atoms with Gasteiger partial charge in [-0.25, -0.2) is 0 Å². The predicted octanol–water partition coefficient (Wildman–Crippen LogP) is 8.43. The van der Waals surface area contributed by atoms with Crippen LogP contribution in [0.15, 0.2) is 79.0 Å². The summed E-state index contributed by atoms with van der Waals surface area (Å²) in [4.78, 5) is 14.1. The van der Waals surface area contributed by atoms with Crippen LogP contribution in [0.5, 0.6) is 5.75 Å². The zero-order chi connectivity index (χ0) is 29.4. The third-order valence-electron chi connectivity index (χ3n) is 7.69. The number of rotatable bonds is 12. The summed E-state index contributed by atoms with van der Waals surface area (Å²) in [5, 5.41) is 7.80. The molecule has 1 amide bonds. The van der Waals surface area contributed by atoms with Gasteiger partial charge in [0.25, 0.3) is 0 Å². The number of hydrogen-bond donors (Lipinski definition) is 1. The second-order valence-electron chi connectivity index (χ2n) is 10.8. The van der Waals surface area contributed by atoms with E-state index in [0.29, 0.717) is 41.0 Å². The van der Waals surface area contributed by atoms with Crippen LogP contribution in [0, 0.1) is 0 Å². The molecule has 0 bridgehead atoms. The molecule has 5 rings (SSSR count). The van der Waals surface area contributed by atoms with E-state index in [-0.39, 0.29) is 11.5 Å². The molecule has 1 fully saturated rings. The van der Waals surface area contributed by atoms with E-state index >= 15 is 0 Å². The van der Waals surface area contributed by atoms with Crippen molar-refractivity contribution >= 4 is 28.0 Å². The number of fused-ring (bicyclic) bond motifs is 1. The second kappa shape index (κ2) is 13.7. The maximum absolute atomic E-state index is 13.9. The van der Waals surface area contributed by atoms with Gasteiger partial charge in [0, 0.05) is 24.9 Å². The van der Waals surface area contributed by atoms with E-state index in [9.17, 15) is 18.0 Å². The Hall–Kier alpha value is -4.07. The van der Waals surface area contributed by atoms with Gasteiger partial charge < -0.3 is 9.64 Å². The SMILES string of the molecule is O=C(CCCCCCOc1ccc(/C(=C(/CC(F)(F)F)c2ccccc2)c2ccc3[nH]ncc3c2)cc1)N1CCCC1. The summed E-state index contributed by atoms with van der Waals surface area (Å²) >= 11 is 0. The van der Waals surface area contributed by atoms with E-state index in [1.807, 2.05) is 47.4 Å². The molecule has 2 heterocycles. The number of hydrogen-bond acceptors (Lipinski definition) is 3. The molecule has 3 aromatic carbocycles. The first-order chi connectivity index (χ1) is 20.4. The van der Waals surface area contributed by atoms with Crippen molar-refractivity contribution in [2.45, 2.75) is 57.5 Å². The lowest BCUT2D eigenvalue weighted by Crippen LogP contribution is -2.27. The average Bonchev–Trinajstić information content (AvgIpc) is 3.69. The maximum Gasteiger partial charge on any atom is 0.393 e. The number of ether oxygens (including phenoxy) is 1. The van der Waals surface area contributed by atoms with Crippen LogP contribution in [-0.4, -0.2) is 46.9 Å². The number of aromatic nitrogens is 2. The molecule has 0 radical (unpaired) electrons. The van der Waals surface area contributed by atoms with Crippen LogP contribution in [0.4, 0.5) is 13.2 Å². The summed E-state index contributed by atoms with van der Waals surface area (Å²) in [6.45, 7) is 2.35. The third-order valence-corrected chi connectivity index (χ3v) is 7.69. The fraction of sp³-hybridized carbons (Fsp3) is 0.353. The predicted molar refractivity (Wildman–Crippen MR) is 160 cm³/mol. The summed E-state index contributed by atoms with van der Waals surface area (Å²) in [6.07, 6.45) is 2.80. The summed E-state index contributed by atoms with van der Waals surface area (Å²) in [7, 11) is 0. The Bertz CT molecular complexity index is 1490. The summed E-state index contributed by atoms with van der Waals surface area (Å²) in [5.74, 6) is 0.942. The van der Waals surface area contributed by atoms with Gasteiger partial charge in [0.1, 0.15) is 5.75 Å². The molecule has 0 aliphatic carbocycles. The number of amides is 1. The summed E-state index contributed by atoms with van der Waals surface area (Å²) in [6, 6.07) is 21.6. The van der Waals surface area contributed by atoms with Gasteiger partial charge in [-0.15, -0.1) is 0 Å². The van der Waals surface area contributed by atoms with E-state index in [0.717, 1.165) is 62.5 Å². The normalized spacial score (nSPS) is 14.3. The third kappa shape index (κ3) is 7.81. The minimum atomic E-state index is -4.39.